The number of nitrogens with one attached hydrogen (secondary N) is 1. The molecule has 0 radical (unpaired) electrons. The summed E-state index contributed by atoms with van der Waals surface area (Å²) in [5, 5.41) is 13.3. The van der Waals surface area contributed by atoms with Gasteiger partial charge in [-0.05, 0) is 30.7 Å². The summed E-state index contributed by atoms with van der Waals surface area (Å²) in [7, 11) is 1.57. The van der Waals surface area contributed by atoms with E-state index in [4.69, 9.17) is 37.2 Å². The summed E-state index contributed by atoms with van der Waals surface area (Å²) in [6.07, 6.45) is 4.18. The summed E-state index contributed by atoms with van der Waals surface area (Å²) >= 11 is 12.2. The van der Waals surface area contributed by atoms with Crippen molar-refractivity contribution in [2.24, 2.45) is 0 Å². The van der Waals surface area contributed by atoms with Crippen LogP contribution in [0.5, 0.6) is 11.5 Å². The third kappa shape index (κ3) is 6.50. The standard InChI is InChI=1S/C24H25Cl2N6O3/c1-3-27-9-5-4-6-22-31-23(35-32-22)13-34-21-12-19-16(11-20(21)33-2)24(29-14-28-19)30-15-7-8-17(25)18(26)10-15/h7-8,10-12,14H,3-6,9,13H2,1-2H3,(H,28,29,30)/q-1. The number of aromatic nitrogens is 4. The molecule has 0 bridgehead atoms. The molecule has 4 aromatic rings. The van der Waals surface area contributed by atoms with E-state index >= 15 is 0 Å². The Balaban J connectivity index is 1.46. The molecule has 2 aromatic heterocycles. The molecule has 9 nitrogen and oxygen atoms in total. The molecule has 0 atom stereocenters. The largest absolute Gasteiger partial charge is 0.662 e. The van der Waals surface area contributed by atoms with Gasteiger partial charge in [0.25, 0.3) is 5.89 Å². The molecule has 0 aliphatic rings. The third-order valence-electron chi connectivity index (χ3n) is 5.15. The van der Waals surface area contributed by atoms with Crippen molar-refractivity contribution in [3.8, 4) is 11.5 Å². The van der Waals surface area contributed by atoms with E-state index < -0.39 is 0 Å². The van der Waals surface area contributed by atoms with Crippen molar-refractivity contribution >= 4 is 45.6 Å². The second kappa shape index (κ2) is 12.0. The van der Waals surface area contributed by atoms with Gasteiger partial charge in [0.05, 0.1) is 22.7 Å². The highest BCUT2D eigenvalue weighted by Crippen LogP contribution is 2.35. The fourth-order valence-corrected chi connectivity index (χ4v) is 3.70. The average Bonchev–Trinajstić information content (AvgIpc) is 3.32. The molecule has 2 heterocycles. The zero-order valence-corrected chi connectivity index (χ0v) is 20.9. The number of benzene rings is 2. The normalized spacial score (nSPS) is 11.1. The number of ether oxygens (including phenoxy) is 2. The Hall–Kier alpha value is -3.14. The Morgan fingerprint density at radius 1 is 1.06 bits per heavy atom. The van der Waals surface area contributed by atoms with Crippen molar-refractivity contribution in [3.63, 3.8) is 0 Å². The van der Waals surface area contributed by atoms with Crippen LogP contribution in [0.25, 0.3) is 16.2 Å². The first-order valence-electron chi connectivity index (χ1n) is 11.2. The van der Waals surface area contributed by atoms with Crippen LogP contribution in [0, 0.1) is 0 Å². The molecule has 184 valence electrons. The molecule has 0 aliphatic heterocycles. The van der Waals surface area contributed by atoms with Crippen molar-refractivity contribution in [1.82, 2.24) is 20.1 Å². The van der Waals surface area contributed by atoms with Gasteiger partial charge in [0.2, 0.25) is 0 Å². The van der Waals surface area contributed by atoms with Crippen molar-refractivity contribution in [1.29, 1.82) is 0 Å². The Labute approximate surface area is 213 Å². The number of anilines is 2. The molecule has 0 saturated carbocycles. The van der Waals surface area contributed by atoms with Gasteiger partial charge >= 0.3 is 0 Å². The highest BCUT2D eigenvalue weighted by Gasteiger charge is 2.14. The van der Waals surface area contributed by atoms with Crippen LogP contribution in [0.1, 0.15) is 31.5 Å². The predicted molar refractivity (Wildman–Crippen MR) is 136 cm³/mol. The molecular formula is C24H25Cl2N6O3-. The molecule has 2 aromatic carbocycles. The van der Waals surface area contributed by atoms with Crippen LogP contribution in [0.2, 0.25) is 10.0 Å². The van der Waals surface area contributed by atoms with Gasteiger partial charge in [-0.3, -0.25) is 0 Å². The summed E-state index contributed by atoms with van der Waals surface area (Å²) in [5.74, 6) is 2.66. The molecule has 35 heavy (non-hydrogen) atoms. The molecule has 0 aliphatic carbocycles. The van der Waals surface area contributed by atoms with Gasteiger partial charge in [-0.15, -0.1) is 6.54 Å². The number of aryl methyl sites for hydroxylation is 1. The number of methoxy groups -OCH3 is 1. The first kappa shape index (κ1) is 25.0. The molecule has 4 rings (SSSR count). The fourth-order valence-electron chi connectivity index (χ4n) is 3.40. The van der Waals surface area contributed by atoms with Crippen LogP contribution in [0.3, 0.4) is 0 Å². The summed E-state index contributed by atoms with van der Waals surface area (Å²) in [6, 6.07) is 8.85. The minimum Gasteiger partial charge on any atom is -0.662 e. The Morgan fingerprint density at radius 2 is 1.94 bits per heavy atom. The van der Waals surface area contributed by atoms with Gasteiger partial charge in [-0.1, -0.05) is 41.7 Å². The van der Waals surface area contributed by atoms with Gasteiger partial charge in [-0.2, -0.15) is 11.5 Å². The third-order valence-corrected chi connectivity index (χ3v) is 5.89. The number of halogens is 2. The van der Waals surface area contributed by atoms with E-state index in [9.17, 15) is 0 Å². The molecule has 0 spiro atoms. The SMILES string of the molecule is CC[N-]CCCCc1noc(COc2cc3ncnc(Nc4ccc(Cl)c(Cl)c4)c3cc2OC)n1. The second-order valence-electron chi connectivity index (χ2n) is 7.61. The summed E-state index contributed by atoms with van der Waals surface area (Å²) in [4.78, 5) is 13.1. The van der Waals surface area contributed by atoms with E-state index in [1.807, 2.05) is 19.1 Å². The Morgan fingerprint density at radius 3 is 2.74 bits per heavy atom. The Bertz CT molecular complexity index is 1280. The van der Waals surface area contributed by atoms with Crippen molar-refractivity contribution in [2.45, 2.75) is 32.8 Å². The highest BCUT2D eigenvalue weighted by atomic mass is 35.5. The topological polar surface area (TPSA) is 109 Å². The monoisotopic (exact) mass is 515 g/mol. The van der Waals surface area contributed by atoms with Gasteiger partial charge in [0.15, 0.2) is 23.9 Å². The van der Waals surface area contributed by atoms with Gasteiger partial charge in [-0.25, -0.2) is 9.97 Å². The quantitative estimate of drug-likeness (QED) is 0.217. The predicted octanol–water partition coefficient (Wildman–Crippen LogP) is 6.37. The number of fused-ring (bicyclic) bond motifs is 1. The van der Waals surface area contributed by atoms with Gasteiger partial charge in [0, 0.05) is 23.6 Å². The number of nitrogens with zero attached hydrogens (tertiary/aromatic N) is 5. The first-order valence-corrected chi connectivity index (χ1v) is 11.9. The minimum atomic E-state index is 0.111. The second-order valence-corrected chi connectivity index (χ2v) is 8.42. The molecular weight excluding hydrogens is 491 g/mol. The van der Waals surface area contributed by atoms with Crippen molar-refractivity contribution in [2.75, 3.05) is 25.5 Å². The van der Waals surface area contributed by atoms with E-state index in [0.717, 1.165) is 43.4 Å². The molecule has 0 fully saturated rings. The lowest BCUT2D eigenvalue weighted by Gasteiger charge is -2.13. The average molecular weight is 516 g/mol. The van der Waals surface area contributed by atoms with E-state index in [0.29, 0.717) is 44.6 Å². The zero-order chi connectivity index (χ0) is 24.6. The zero-order valence-electron chi connectivity index (χ0n) is 19.4. The van der Waals surface area contributed by atoms with E-state index in [1.165, 1.54) is 6.33 Å². The first-order chi connectivity index (χ1) is 17.1. The van der Waals surface area contributed by atoms with Crippen LogP contribution in [0.4, 0.5) is 11.5 Å². The van der Waals surface area contributed by atoms with E-state index in [-0.39, 0.29) is 6.61 Å². The fraction of sp³-hybridized carbons (Fsp3) is 0.333. The number of rotatable bonds is 12. The van der Waals surface area contributed by atoms with Crippen LogP contribution >= 0.6 is 23.2 Å². The number of unbranched alkanes of at least 4 members (excludes halogenated alkanes) is 1. The summed E-state index contributed by atoms with van der Waals surface area (Å²) in [6.45, 7) is 3.86. The maximum Gasteiger partial charge on any atom is 0.264 e. The maximum absolute atomic E-state index is 6.13. The maximum atomic E-state index is 6.13. The highest BCUT2D eigenvalue weighted by molar-refractivity contribution is 6.42. The van der Waals surface area contributed by atoms with E-state index in [2.05, 4.69) is 30.7 Å². The molecule has 0 unspecified atom stereocenters. The lowest BCUT2D eigenvalue weighted by Crippen LogP contribution is -2.01. The molecule has 0 saturated heterocycles. The minimum absolute atomic E-state index is 0.111. The van der Waals surface area contributed by atoms with Crippen LogP contribution < -0.4 is 14.8 Å². The Kier molecular flexibility index (Phi) is 8.57. The van der Waals surface area contributed by atoms with Crippen LogP contribution in [-0.2, 0) is 13.0 Å². The van der Waals surface area contributed by atoms with Crippen molar-refractivity contribution < 1.29 is 14.0 Å². The van der Waals surface area contributed by atoms with Crippen LogP contribution in [-0.4, -0.2) is 40.3 Å². The van der Waals surface area contributed by atoms with Gasteiger partial charge < -0.3 is 24.6 Å². The summed E-state index contributed by atoms with van der Waals surface area (Å²) in [5.41, 5.74) is 1.41. The number of hydrogen-bond donors (Lipinski definition) is 1. The van der Waals surface area contributed by atoms with Crippen molar-refractivity contribution in [3.05, 3.63) is 63.7 Å². The lowest BCUT2D eigenvalue weighted by atomic mass is 10.2. The van der Waals surface area contributed by atoms with Gasteiger partial charge in [0.1, 0.15) is 12.1 Å². The molecule has 11 heteroatoms. The summed E-state index contributed by atoms with van der Waals surface area (Å²) < 4.78 is 16.8. The lowest BCUT2D eigenvalue weighted by molar-refractivity contribution is 0.233. The molecule has 0 amide bonds. The molecule has 1 N–H and O–H groups in total. The van der Waals surface area contributed by atoms with Crippen LogP contribution in [0.15, 0.2) is 41.2 Å². The number of hydrogen-bond acceptors (Lipinski definition) is 8. The smallest absolute Gasteiger partial charge is 0.264 e. The van der Waals surface area contributed by atoms with E-state index in [1.54, 1.807) is 25.3 Å².